The molecule has 0 saturated heterocycles. The van der Waals surface area contributed by atoms with Gasteiger partial charge in [0.1, 0.15) is 0 Å². The van der Waals surface area contributed by atoms with E-state index >= 15 is 0 Å². The Morgan fingerprint density at radius 1 is 1.50 bits per heavy atom. The van der Waals surface area contributed by atoms with Crippen molar-refractivity contribution in [1.82, 2.24) is 4.90 Å². The van der Waals surface area contributed by atoms with Crippen LogP contribution in [0.2, 0.25) is 0 Å². The number of ketones is 1. The Hall–Kier alpha value is -0.670. The average Bonchev–Trinajstić information content (AvgIpc) is 3.18. The van der Waals surface area contributed by atoms with Crippen molar-refractivity contribution in [1.29, 1.82) is 0 Å². The van der Waals surface area contributed by atoms with Crippen LogP contribution in [0.15, 0.2) is 28.7 Å². The van der Waals surface area contributed by atoms with Gasteiger partial charge in [0.15, 0.2) is 5.78 Å². The molecule has 0 amide bonds. The Morgan fingerprint density at radius 2 is 2.22 bits per heavy atom. The second-order valence-corrected chi connectivity index (χ2v) is 6.16. The van der Waals surface area contributed by atoms with Gasteiger partial charge in [0.05, 0.1) is 0 Å². The van der Waals surface area contributed by atoms with Crippen LogP contribution in [-0.4, -0.2) is 30.3 Å². The standard InChI is InChI=1S/C15H20BrNO/c1-11(12-6-7-12)17(2)9-8-15(18)13-4-3-5-14(16)10-13/h3-5,10-12H,6-9H2,1-2H3. The van der Waals surface area contributed by atoms with E-state index < -0.39 is 0 Å². The van der Waals surface area contributed by atoms with E-state index in [1.807, 2.05) is 24.3 Å². The molecule has 1 unspecified atom stereocenters. The Bertz CT molecular complexity index is 428. The number of hydrogen-bond acceptors (Lipinski definition) is 2. The molecule has 1 saturated carbocycles. The molecule has 0 radical (unpaired) electrons. The lowest BCUT2D eigenvalue weighted by molar-refractivity contribution is 0.0959. The van der Waals surface area contributed by atoms with Crippen molar-refractivity contribution in [3.8, 4) is 0 Å². The number of nitrogens with zero attached hydrogens (tertiary/aromatic N) is 1. The summed E-state index contributed by atoms with van der Waals surface area (Å²) in [6, 6.07) is 8.25. The summed E-state index contributed by atoms with van der Waals surface area (Å²) in [4.78, 5) is 14.4. The SMILES string of the molecule is CC(C1CC1)N(C)CCC(=O)c1cccc(Br)c1. The maximum absolute atomic E-state index is 12.1. The lowest BCUT2D eigenvalue weighted by atomic mass is 10.1. The highest BCUT2D eigenvalue weighted by molar-refractivity contribution is 9.10. The Labute approximate surface area is 117 Å². The zero-order chi connectivity index (χ0) is 13.1. The van der Waals surface area contributed by atoms with Crippen LogP contribution in [0.3, 0.4) is 0 Å². The maximum Gasteiger partial charge on any atom is 0.164 e. The van der Waals surface area contributed by atoms with Crippen molar-refractivity contribution in [3.63, 3.8) is 0 Å². The fraction of sp³-hybridized carbons (Fsp3) is 0.533. The zero-order valence-electron chi connectivity index (χ0n) is 11.0. The van der Waals surface area contributed by atoms with Gasteiger partial charge in [-0.25, -0.2) is 0 Å². The predicted molar refractivity (Wildman–Crippen MR) is 77.9 cm³/mol. The van der Waals surface area contributed by atoms with E-state index in [-0.39, 0.29) is 5.78 Å². The molecule has 98 valence electrons. The highest BCUT2D eigenvalue weighted by Crippen LogP contribution is 2.34. The number of halogens is 1. The molecule has 1 fully saturated rings. The Kier molecular flexibility index (Phi) is 4.57. The van der Waals surface area contributed by atoms with Crippen LogP contribution in [0, 0.1) is 5.92 Å². The van der Waals surface area contributed by atoms with Gasteiger partial charge in [-0.15, -0.1) is 0 Å². The molecule has 0 N–H and O–H groups in total. The van der Waals surface area contributed by atoms with E-state index in [2.05, 4.69) is 34.8 Å². The average molecular weight is 310 g/mol. The molecule has 0 bridgehead atoms. The summed E-state index contributed by atoms with van der Waals surface area (Å²) >= 11 is 3.40. The molecule has 1 aromatic rings. The third-order valence-electron chi connectivity index (χ3n) is 3.84. The molecule has 18 heavy (non-hydrogen) atoms. The molecule has 2 nitrogen and oxygen atoms in total. The minimum absolute atomic E-state index is 0.228. The molecule has 0 spiro atoms. The molecular formula is C15H20BrNO. The predicted octanol–water partition coefficient (Wildman–Crippen LogP) is 3.75. The van der Waals surface area contributed by atoms with E-state index in [9.17, 15) is 4.79 Å². The van der Waals surface area contributed by atoms with Crippen LogP contribution in [0.4, 0.5) is 0 Å². The molecule has 0 heterocycles. The third-order valence-corrected chi connectivity index (χ3v) is 4.33. The number of carbonyl (C=O) groups is 1. The number of rotatable bonds is 6. The van der Waals surface area contributed by atoms with Crippen LogP contribution in [0.1, 0.15) is 36.5 Å². The highest BCUT2D eigenvalue weighted by Gasteiger charge is 2.30. The van der Waals surface area contributed by atoms with Crippen molar-refractivity contribution in [3.05, 3.63) is 34.3 Å². The van der Waals surface area contributed by atoms with Crippen LogP contribution in [0.5, 0.6) is 0 Å². The second kappa shape index (κ2) is 5.98. The van der Waals surface area contributed by atoms with Crippen molar-refractivity contribution in [2.24, 2.45) is 5.92 Å². The summed E-state index contributed by atoms with van der Waals surface area (Å²) < 4.78 is 0.966. The molecule has 1 aliphatic rings. The summed E-state index contributed by atoms with van der Waals surface area (Å²) in [5, 5.41) is 0. The number of carbonyl (C=O) groups excluding carboxylic acids is 1. The minimum atomic E-state index is 0.228. The molecule has 1 aromatic carbocycles. The fourth-order valence-electron chi connectivity index (χ4n) is 2.23. The number of Topliss-reactive ketones (excluding diaryl/α,β-unsaturated/α-hetero) is 1. The van der Waals surface area contributed by atoms with Crippen LogP contribution in [0.25, 0.3) is 0 Å². The van der Waals surface area contributed by atoms with Gasteiger partial charge in [-0.3, -0.25) is 4.79 Å². The molecule has 3 heteroatoms. The van der Waals surface area contributed by atoms with Crippen molar-refractivity contribution in [2.75, 3.05) is 13.6 Å². The van der Waals surface area contributed by atoms with Crippen molar-refractivity contribution < 1.29 is 4.79 Å². The van der Waals surface area contributed by atoms with Gasteiger partial charge in [0.25, 0.3) is 0 Å². The first-order valence-corrected chi connectivity index (χ1v) is 7.36. The summed E-state index contributed by atoms with van der Waals surface area (Å²) in [6.07, 6.45) is 3.31. The zero-order valence-corrected chi connectivity index (χ0v) is 12.6. The van der Waals surface area contributed by atoms with E-state index in [4.69, 9.17) is 0 Å². The van der Waals surface area contributed by atoms with Gasteiger partial charge in [0, 0.05) is 29.0 Å². The fourth-order valence-corrected chi connectivity index (χ4v) is 2.63. The lowest BCUT2D eigenvalue weighted by Gasteiger charge is -2.24. The topological polar surface area (TPSA) is 20.3 Å². The summed E-state index contributed by atoms with van der Waals surface area (Å²) in [5.74, 6) is 1.09. The normalized spacial score (nSPS) is 16.9. The van der Waals surface area contributed by atoms with Gasteiger partial charge in [0.2, 0.25) is 0 Å². The monoisotopic (exact) mass is 309 g/mol. The minimum Gasteiger partial charge on any atom is -0.303 e. The van der Waals surface area contributed by atoms with E-state index in [0.29, 0.717) is 12.5 Å². The van der Waals surface area contributed by atoms with Crippen molar-refractivity contribution in [2.45, 2.75) is 32.2 Å². The Balaban J connectivity index is 1.84. The molecular weight excluding hydrogens is 290 g/mol. The van der Waals surface area contributed by atoms with Gasteiger partial charge < -0.3 is 4.90 Å². The summed E-state index contributed by atoms with van der Waals surface area (Å²) in [7, 11) is 2.12. The van der Waals surface area contributed by atoms with E-state index in [1.165, 1.54) is 12.8 Å². The van der Waals surface area contributed by atoms with Crippen molar-refractivity contribution >= 4 is 21.7 Å². The van der Waals surface area contributed by atoms with Gasteiger partial charge >= 0.3 is 0 Å². The molecule has 0 aromatic heterocycles. The van der Waals surface area contributed by atoms with Gasteiger partial charge in [-0.1, -0.05) is 28.1 Å². The summed E-state index contributed by atoms with van der Waals surface area (Å²) in [6.45, 7) is 3.12. The van der Waals surface area contributed by atoms with Crippen LogP contribution in [-0.2, 0) is 0 Å². The summed E-state index contributed by atoms with van der Waals surface area (Å²) in [5.41, 5.74) is 0.803. The highest BCUT2D eigenvalue weighted by atomic mass is 79.9. The first-order valence-electron chi connectivity index (χ1n) is 6.57. The van der Waals surface area contributed by atoms with E-state index in [1.54, 1.807) is 0 Å². The maximum atomic E-state index is 12.1. The van der Waals surface area contributed by atoms with E-state index in [0.717, 1.165) is 22.5 Å². The number of benzene rings is 1. The largest absolute Gasteiger partial charge is 0.303 e. The smallest absolute Gasteiger partial charge is 0.164 e. The van der Waals surface area contributed by atoms with Gasteiger partial charge in [-0.2, -0.15) is 0 Å². The lowest BCUT2D eigenvalue weighted by Crippen LogP contribution is -2.32. The van der Waals surface area contributed by atoms with Crippen LogP contribution < -0.4 is 0 Å². The molecule has 0 aliphatic heterocycles. The third kappa shape index (κ3) is 3.66. The quantitative estimate of drug-likeness (QED) is 0.746. The first-order chi connectivity index (χ1) is 8.58. The molecule has 2 rings (SSSR count). The van der Waals surface area contributed by atoms with Gasteiger partial charge in [-0.05, 0) is 44.9 Å². The molecule has 1 aliphatic carbocycles. The van der Waals surface area contributed by atoms with Crippen LogP contribution >= 0.6 is 15.9 Å². The Morgan fingerprint density at radius 3 is 2.83 bits per heavy atom. The molecule has 1 atom stereocenters. The first kappa shape index (κ1) is 13.8. The number of hydrogen-bond donors (Lipinski definition) is 0. The second-order valence-electron chi connectivity index (χ2n) is 5.24.